The van der Waals surface area contributed by atoms with Crippen LogP contribution < -0.4 is 16.0 Å². The second-order valence-electron chi connectivity index (χ2n) is 8.97. The van der Waals surface area contributed by atoms with Crippen LogP contribution in [0.1, 0.15) is 11.1 Å². The lowest BCUT2D eigenvalue weighted by atomic mass is 9.96. The Morgan fingerprint density at radius 3 is 2.59 bits per heavy atom. The molecule has 34 heavy (non-hydrogen) atoms. The van der Waals surface area contributed by atoms with Gasteiger partial charge in [0.2, 0.25) is 5.95 Å². The van der Waals surface area contributed by atoms with Crippen LogP contribution in [0.4, 0.5) is 21.8 Å². The Balaban J connectivity index is 1.36. The van der Waals surface area contributed by atoms with E-state index >= 15 is 0 Å². The number of hydrogen-bond donors (Lipinski definition) is 2. The number of benzene rings is 2. The van der Waals surface area contributed by atoms with Gasteiger partial charge >= 0.3 is 0 Å². The molecule has 0 radical (unpaired) electrons. The average Bonchev–Trinajstić information content (AvgIpc) is 2.85. The van der Waals surface area contributed by atoms with Gasteiger partial charge in [-0.25, -0.2) is 9.37 Å². The van der Waals surface area contributed by atoms with Gasteiger partial charge < -0.3 is 25.8 Å². The highest BCUT2D eigenvalue weighted by Gasteiger charge is 2.20. The van der Waals surface area contributed by atoms with Gasteiger partial charge in [0.25, 0.3) is 0 Å². The van der Waals surface area contributed by atoms with E-state index in [1.807, 2.05) is 6.07 Å². The number of nitrogens with two attached hydrogens (primary N) is 1. The summed E-state index contributed by atoms with van der Waals surface area (Å²) in [6, 6.07) is 15.1. The molecule has 0 aliphatic carbocycles. The number of halogens is 1. The molecule has 0 atom stereocenters. The van der Waals surface area contributed by atoms with Crippen molar-refractivity contribution in [1.29, 1.82) is 0 Å². The number of nitrogen functional groups attached to an aromatic ring is 1. The first-order chi connectivity index (χ1) is 16.5. The minimum Gasteiger partial charge on any atom is -0.368 e. The number of piperazine rings is 1. The third-order valence-electron chi connectivity index (χ3n) is 6.61. The Kier molecular flexibility index (Phi) is 6.06. The molecule has 7 nitrogen and oxygen atoms in total. The number of hydrogen-bond acceptors (Lipinski definition) is 7. The van der Waals surface area contributed by atoms with Crippen LogP contribution in [0.3, 0.4) is 0 Å². The summed E-state index contributed by atoms with van der Waals surface area (Å²) in [7, 11) is 2.13. The van der Waals surface area contributed by atoms with Crippen molar-refractivity contribution in [2.24, 2.45) is 0 Å². The zero-order valence-corrected chi connectivity index (χ0v) is 19.5. The van der Waals surface area contributed by atoms with E-state index in [9.17, 15) is 4.39 Å². The first kappa shape index (κ1) is 22.2. The number of rotatable bonds is 5. The third kappa shape index (κ3) is 4.68. The molecule has 5 rings (SSSR count). The first-order valence-corrected chi connectivity index (χ1v) is 11.6. The van der Waals surface area contributed by atoms with Gasteiger partial charge in [-0.05, 0) is 42.8 Å². The van der Waals surface area contributed by atoms with Gasteiger partial charge in [0.05, 0.1) is 17.2 Å². The zero-order valence-electron chi connectivity index (χ0n) is 19.5. The van der Waals surface area contributed by atoms with Gasteiger partial charge in [-0.15, -0.1) is 0 Å². The fourth-order valence-corrected chi connectivity index (χ4v) is 4.54. The van der Waals surface area contributed by atoms with Crippen molar-refractivity contribution >= 4 is 17.5 Å². The molecule has 1 aromatic heterocycles. The highest BCUT2D eigenvalue weighted by atomic mass is 19.1. The number of aromatic nitrogens is 2. The summed E-state index contributed by atoms with van der Waals surface area (Å²) < 4.78 is 14.1. The van der Waals surface area contributed by atoms with E-state index in [1.165, 1.54) is 17.2 Å². The maximum absolute atomic E-state index is 14.1. The fourth-order valence-electron chi connectivity index (χ4n) is 4.54. The average molecular weight is 460 g/mol. The zero-order chi connectivity index (χ0) is 23.7. The van der Waals surface area contributed by atoms with Crippen molar-refractivity contribution in [2.45, 2.75) is 13.0 Å². The van der Waals surface area contributed by atoms with Crippen molar-refractivity contribution in [3.63, 3.8) is 0 Å². The molecule has 0 spiro atoms. The largest absolute Gasteiger partial charge is 0.368 e. The molecule has 0 unspecified atom stereocenters. The van der Waals surface area contributed by atoms with E-state index < -0.39 is 0 Å². The van der Waals surface area contributed by atoms with Gasteiger partial charge in [0.15, 0.2) is 0 Å². The fraction of sp³-hybridized carbons (Fsp3) is 0.308. The topological polar surface area (TPSA) is 73.5 Å². The van der Waals surface area contributed by atoms with E-state index in [2.05, 4.69) is 61.8 Å². The van der Waals surface area contributed by atoms with Crippen LogP contribution in [0.15, 0.2) is 60.9 Å². The quantitative estimate of drug-likeness (QED) is 0.604. The van der Waals surface area contributed by atoms with Crippen LogP contribution in [-0.2, 0) is 13.0 Å². The van der Waals surface area contributed by atoms with Crippen molar-refractivity contribution in [2.75, 3.05) is 55.7 Å². The summed E-state index contributed by atoms with van der Waals surface area (Å²) >= 11 is 0. The number of para-hydroxylation sites is 1. The Bertz CT molecular complexity index is 1200. The first-order valence-electron chi connectivity index (χ1n) is 11.6. The predicted molar refractivity (Wildman–Crippen MR) is 135 cm³/mol. The van der Waals surface area contributed by atoms with Crippen LogP contribution in [0, 0.1) is 5.82 Å². The maximum Gasteiger partial charge on any atom is 0.222 e. The molecule has 2 aromatic carbocycles. The molecule has 0 bridgehead atoms. The van der Waals surface area contributed by atoms with Crippen LogP contribution in [0.2, 0.25) is 0 Å². The molecular formula is C26H30FN7. The normalized spacial score (nSPS) is 16.3. The minimum atomic E-state index is -0.291. The van der Waals surface area contributed by atoms with E-state index in [4.69, 9.17) is 5.73 Å². The van der Waals surface area contributed by atoms with Crippen molar-refractivity contribution in [3.8, 4) is 11.3 Å². The SMILES string of the molecule is C=C(Nc1ccccc1F)N1CCc2ccc(-c3cc(N4CCN(C)CC4)nc(N)n3)cc2C1. The third-order valence-corrected chi connectivity index (χ3v) is 6.61. The van der Waals surface area contributed by atoms with Gasteiger partial charge in [0, 0.05) is 50.9 Å². The lowest BCUT2D eigenvalue weighted by molar-refractivity contribution is 0.312. The summed E-state index contributed by atoms with van der Waals surface area (Å²) in [5, 5.41) is 3.12. The molecule has 0 saturated carbocycles. The summed E-state index contributed by atoms with van der Waals surface area (Å²) in [6.45, 7) is 9.50. The summed E-state index contributed by atoms with van der Waals surface area (Å²) in [6.07, 6.45) is 0.895. The van der Waals surface area contributed by atoms with Crippen LogP contribution in [0.25, 0.3) is 11.3 Å². The number of anilines is 3. The Morgan fingerprint density at radius 2 is 1.79 bits per heavy atom. The predicted octanol–water partition coefficient (Wildman–Crippen LogP) is 3.56. The number of nitrogens with one attached hydrogen (secondary N) is 1. The van der Waals surface area contributed by atoms with Gasteiger partial charge in [0.1, 0.15) is 11.6 Å². The lowest BCUT2D eigenvalue weighted by Crippen LogP contribution is -2.44. The number of fused-ring (bicyclic) bond motifs is 1. The minimum absolute atomic E-state index is 0.285. The smallest absolute Gasteiger partial charge is 0.222 e. The van der Waals surface area contributed by atoms with Crippen molar-refractivity contribution < 1.29 is 4.39 Å². The summed E-state index contributed by atoms with van der Waals surface area (Å²) in [5.74, 6) is 1.55. The Labute approximate surface area is 199 Å². The molecule has 2 aliphatic rings. The molecule has 176 valence electrons. The van der Waals surface area contributed by atoms with Crippen LogP contribution in [-0.4, -0.2) is 59.5 Å². The molecule has 8 heteroatoms. The van der Waals surface area contributed by atoms with E-state index in [0.717, 1.165) is 56.2 Å². The summed E-state index contributed by atoms with van der Waals surface area (Å²) in [4.78, 5) is 15.7. The molecule has 2 aliphatic heterocycles. The van der Waals surface area contributed by atoms with Crippen LogP contribution in [0.5, 0.6) is 0 Å². The Hall–Kier alpha value is -3.65. The second-order valence-corrected chi connectivity index (χ2v) is 8.97. The van der Waals surface area contributed by atoms with Crippen LogP contribution >= 0.6 is 0 Å². The lowest BCUT2D eigenvalue weighted by Gasteiger charge is -2.33. The molecule has 3 N–H and O–H groups in total. The van der Waals surface area contributed by atoms with E-state index in [-0.39, 0.29) is 11.8 Å². The molecule has 0 amide bonds. The van der Waals surface area contributed by atoms with Gasteiger partial charge in [-0.1, -0.05) is 30.8 Å². The van der Waals surface area contributed by atoms with Crippen molar-refractivity contribution in [3.05, 3.63) is 77.9 Å². The monoisotopic (exact) mass is 459 g/mol. The number of likely N-dealkylation sites (N-methyl/N-ethyl adjacent to an activating group) is 1. The molecule has 1 fully saturated rings. The van der Waals surface area contributed by atoms with E-state index in [0.29, 0.717) is 18.1 Å². The molecule has 1 saturated heterocycles. The molecular weight excluding hydrogens is 429 g/mol. The maximum atomic E-state index is 14.1. The highest BCUT2D eigenvalue weighted by Crippen LogP contribution is 2.29. The standard InChI is InChI=1S/C26H30FN7/c1-18(29-23-6-4-3-5-22(23)27)34-10-9-19-7-8-20(15-21(19)17-34)24-16-25(31-26(28)30-24)33-13-11-32(2)12-14-33/h3-8,15-16,29H,1,9-14,17H2,2H3,(H2,28,30,31). The second kappa shape index (κ2) is 9.30. The molecule has 3 aromatic rings. The van der Waals surface area contributed by atoms with E-state index in [1.54, 1.807) is 18.2 Å². The summed E-state index contributed by atoms with van der Waals surface area (Å²) in [5.41, 5.74) is 10.9. The highest BCUT2D eigenvalue weighted by molar-refractivity contribution is 5.66. The number of nitrogens with zero attached hydrogens (tertiary/aromatic N) is 5. The van der Waals surface area contributed by atoms with Gasteiger partial charge in [-0.2, -0.15) is 4.98 Å². The van der Waals surface area contributed by atoms with Crippen molar-refractivity contribution in [1.82, 2.24) is 19.8 Å². The molecule has 3 heterocycles. The van der Waals surface area contributed by atoms with Gasteiger partial charge in [-0.3, -0.25) is 0 Å². The Morgan fingerprint density at radius 1 is 1.00 bits per heavy atom.